The van der Waals surface area contributed by atoms with Gasteiger partial charge in [0.05, 0.1) is 16.1 Å². The van der Waals surface area contributed by atoms with E-state index in [1.807, 2.05) is 48.5 Å². The summed E-state index contributed by atoms with van der Waals surface area (Å²) in [4.78, 5) is 12.1. The number of nitrogens with one attached hydrogen (secondary N) is 1. The van der Waals surface area contributed by atoms with Gasteiger partial charge in [-0.1, -0.05) is 23.7 Å². The summed E-state index contributed by atoms with van der Waals surface area (Å²) in [5.41, 5.74) is 2.69. The van der Waals surface area contributed by atoms with E-state index >= 15 is 0 Å². The lowest BCUT2D eigenvalue weighted by atomic mass is 10.2. The van der Waals surface area contributed by atoms with Gasteiger partial charge in [0.2, 0.25) is 0 Å². The second-order valence-corrected chi connectivity index (χ2v) is 5.34. The largest absolute Gasteiger partial charge is 0.483 e. The van der Waals surface area contributed by atoms with E-state index < -0.39 is 0 Å². The molecule has 0 bridgehead atoms. The average Bonchev–Trinajstić information content (AvgIpc) is 2.97. The van der Waals surface area contributed by atoms with Gasteiger partial charge in [0.1, 0.15) is 23.7 Å². The van der Waals surface area contributed by atoms with Crippen LogP contribution in [0.15, 0.2) is 54.7 Å². The van der Waals surface area contributed by atoms with Crippen LogP contribution in [0.1, 0.15) is 5.82 Å². The second-order valence-electron chi connectivity index (χ2n) is 4.93. The zero-order valence-electron chi connectivity index (χ0n) is 11.6. The van der Waals surface area contributed by atoms with Gasteiger partial charge in [-0.05, 0) is 36.4 Å². The van der Waals surface area contributed by atoms with E-state index in [9.17, 15) is 0 Å². The molecule has 0 amide bonds. The average molecular weight is 310 g/mol. The first kappa shape index (κ1) is 13.1. The number of aromatic nitrogens is 3. The quantitative estimate of drug-likeness (QED) is 0.612. The van der Waals surface area contributed by atoms with Crippen LogP contribution in [-0.2, 0) is 6.61 Å². The number of nitrogens with zero attached hydrogens (tertiary/aromatic N) is 2. The van der Waals surface area contributed by atoms with Gasteiger partial charge >= 0.3 is 0 Å². The lowest BCUT2D eigenvalue weighted by molar-refractivity contribution is 0.300. The van der Waals surface area contributed by atoms with Crippen molar-refractivity contribution in [3.05, 3.63) is 65.6 Å². The minimum absolute atomic E-state index is 0.349. The normalized spacial score (nSPS) is 11.1. The van der Waals surface area contributed by atoms with Crippen molar-refractivity contribution in [2.45, 2.75) is 6.61 Å². The Hall–Kier alpha value is -2.59. The molecule has 0 saturated carbocycles. The van der Waals surface area contributed by atoms with Crippen LogP contribution in [0.5, 0.6) is 5.75 Å². The summed E-state index contributed by atoms with van der Waals surface area (Å²) >= 11 is 6.19. The highest BCUT2D eigenvalue weighted by molar-refractivity contribution is 6.35. The van der Waals surface area contributed by atoms with Crippen molar-refractivity contribution in [3.8, 4) is 5.75 Å². The first-order valence-corrected chi connectivity index (χ1v) is 7.29. The highest BCUT2D eigenvalue weighted by Crippen LogP contribution is 2.30. The van der Waals surface area contributed by atoms with Crippen molar-refractivity contribution >= 4 is 33.5 Å². The first-order valence-electron chi connectivity index (χ1n) is 6.91. The molecule has 4 aromatic rings. The Morgan fingerprint density at radius 3 is 2.86 bits per heavy atom. The van der Waals surface area contributed by atoms with Crippen molar-refractivity contribution in [1.29, 1.82) is 0 Å². The van der Waals surface area contributed by atoms with Gasteiger partial charge in [-0.3, -0.25) is 4.98 Å². The third-order valence-corrected chi connectivity index (χ3v) is 3.81. The molecule has 4 nitrogen and oxygen atoms in total. The summed E-state index contributed by atoms with van der Waals surface area (Å²) in [6.07, 6.45) is 1.73. The van der Waals surface area contributed by atoms with E-state index in [4.69, 9.17) is 16.3 Å². The van der Waals surface area contributed by atoms with Gasteiger partial charge in [0.15, 0.2) is 0 Å². The first-order chi connectivity index (χ1) is 10.8. The number of imidazole rings is 1. The van der Waals surface area contributed by atoms with E-state index in [0.29, 0.717) is 17.4 Å². The number of fused-ring (bicyclic) bond motifs is 2. The zero-order chi connectivity index (χ0) is 14.9. The lowest BCUT2D eigenvalue weighted by Crippen LogP contribution is -1.98. The molecule has 0 unspecified atom stereocenters. The number of halogens is 1. The monoisotopic (exact) mass is 309 g/mol. The van der Waals surface area contributed by atoms with Crippen molar-refractivity contribution in [2.24, 2.45) is 0 Å². The predicted molar refractivity (Wildman–Crippen MR) is 87.2 cm³/mol. The molecule has 0 atom stereocenters. The third-order valence-electron chi connectivity index (χ3n) is 3.48. The highest BCUT2D eigenvalue weighted by atomic mass is 35.5. The maximum absolute atomic E-state index is 6.19. The van der Waals surface area contributed by atoms with Crippen LogP contribution in [0.4, 0.5) is 0 Å². The SMILES string of the molecule is Clc1ccc(OCc2nc3ccccc3[nH]2)c2ncccc12. The molecular formula is C17H12ClN3O. The second kappa shape index (κ2) is 5.31. The zero-order valence-corrected chi connectivity index (χ0v) is 12.3. The molecule has 22 heavy (non-hydrogen) atoms. The molecule has 0 spiro atoms. The Balaban J connectivity index is 1.65. The highest BCUT2D eigenvalue weighted by Gasteiger charge is 2.08. The van der Waals surface area contributed by atoms with E-state index in [1.165, 1.54) is 0 Å². The van der Waals surface area contributed by atoms with Gasteiger partial charge in [-0.15, -0.1) is 0 Å². The van der Waals surface area contributed by atoms with Crippen LogP contribution >= 0.6 is 11.6 Å². The Kier molecular flexibility index (Phi) is 3.16. The van der Waals surface area contributed by atoms with Crippen LogP contribution in [0, 0.1) is 0 Å². The molecule has 0 radical (unpaired) electrons. The van der Waals surface area contributed by atoms with Gasteiger partial charge in [0.25, 0.3) is 0 Å². The molecule has 2 heterocycles. The molecule has 0 aliphatic heterocycles. The fourth-order valence-electron chi connectivity index (χ4n) is 2.45. The smallest absolute Gasteiger partial charge is 0.146 e. The maximum Gasteiger partial charge on any atom is 0.146 e. The van der Waals surface area contributed by atoms with E-state index in [-0.39, 0.29) is 0 Å². The number of pyridine rings is 1. The Bertz CT molecular complexity index is 931. The molecule has 0 saturated heterocycles. The third kappa shape index (κ3) is 2.27. The lowest BCUT2D eigenvalue weighted by Gasteiger charge is -2.08. The molecule has 0 aliphatic rings. The molecule has 4 rings (SSSR count). The molecule has 1 N–H and O–H groups in total. The van der Waals surface area contributed by atoms with Crippen LogP contribution in [-0.4, -0.2) is 15.0 Å². The number of ether oxygens (including phenoxy) is 1. The molecule has 0 aliphatic carbocycles. The van der Waals surface area contributed by atoms with E-state index in [1.54, 1.807) is 6.20 Å². The summed E-state index contributed by atoms with van der Waals surface area (Å²) in [6.45, 7) is 0.349. The summed E-state index contributed by atoms with van der Waals surface area (Å²) in [6, 6.07) is 15.3. The molecule has 2 aromatic carbocycles. The molecule has 5 heteroatoms. The Morgan fingerprint density at radius 2 is 1.95 bits per heavy atom. The number of benzene rings is 2. The van der Waals surface area contributed by atoms with Crippen molar-refractivity contribution < 1.29 is 4.74 Å². The van der Waals surface area contributed by atoms with E-state index in [2.05, 4.69) is 15.0 Å². The number of hydrogen-bond donors (Lipinski definition) is 1. The minimum atomic E-state index is 0.349. The standard InChI is InChI=1S/C17H12ClN3O/c18-12-7-8-15(17-11(12)4-3-9-19-17)22-10-16-20-13-5-1-2-6-14(13)21-16/h1-9H,10H2,(H,20,21). The number of H-pyrrole nitrogens is 1. The fourth-order valence-corrected chi connectivity index (χ4v) is 2.66. The van der Waals surface area contributed by atoms with Gasteiger partial charge in [0, 0.05) is 11.6 Å². The summed E-state index contributed by atoms with van der Waals surface area (Å²) in [7, 11) is 0. The number of aromatic amines is 1. The van der Waals surface area contributed by atoms with Crippen molar-refractivity contribution in [1.82, 2.24) is 15.0 Å². The molecule has 2 aromatic heterocycles. The Labute approximate surface area is 131 Å². The van der Waals surface area contributed by atoms with Crippen molar-refractivity contribution in [2.75, 3.05) is 0 Å². The minimum Gasteiger partial charge on any atom is -0.483 e. The van der Waals surface area contributed by atoms with Crippen molar-refractivity contribution in [3.63, 3.8) is 0 Å². The predicted octanol–water partition coefficient (Wildman–Crippen LogP) is 4.34. The summed E-state index contributed by atoms with van der Waals surface area (Å²) in [5.74, 6) is 1.47. The summed E-state index contributed by atoms with van der Waals surface area (Å²) < 4.78 is 5.87. The number of rotatable bonds is 3. The van der Waals surface area contributed by atoms with Crippen LogP contribution < -0.4 is 4.74 Å². The van der Waals surface area contributed by atoms with Gasteiger partial charge < -0.3 is 9.72 Å². The van der Waals surface area contributed by atoms with Crippen LogP contribution in [0.2, 0.25) is 5.02 Å². The van der Waals surface area contributed by atoms with Gasteiger partial charge in [-0.25, -0.2) is 4.98 Å². The molecule has 0 fully saturated rings. The number of hydrogen-bond acceptors (Lipinski definition) is 3. The molecular weight excluding hydrogens is 298 g/mol. The van der Waals surface area contributed by atoms with E-state index in [0.717, 1.165) is 27.8 Å². The van der Waals surface area contributed by atoms with Crippen LogP contribution in [0.3, 0.4) is 0 Å². The molecule has 108 valence electrons. The fraction of sp³-hybridized carbons (Fsp3) is 0.0588. The maximum atomic E-state index is 6.19. The Morgan fingerprint density at radius 1 is 1.05 bits per heavy atom. The van der Waals surface area contributed by atoms with Crippen LogP contribution in [0.25, 0.3) is 21.9 Å². The number of para-hydroxylation sites is 2. The topological polar surface area (TPSA) is 50.8 Å². The summed E-state index contributed by atoms with van der Waals surface area (Å²) in [5, 5.41) is 1.55. The van der Waals surface area contributed by atoms with Gasteiger partial charge in [-0.2, -0.15) is 0 Å².